The number of rotatable bonds is 3. The second-order valence-corrected chi connectivity index (χ2v) is 4.57. The first-order valence-corrected chi connectivity index (χ1v) is 5.89. The normalized spacial score (nSPS) is 18.2. The number of nitrogens with zero attached hydrogens (tertiary/aromatic N) is 1. The van der Waals surface area contributed by atoms with Crippen LogP contribution in [0.3, 0.4) is 0 Å². The van der Waals surface area contributed by atoms with Crippen LogP contribution in [0.15, 0.2) is 18.2 Å². The molecule has 1 aliphatic rings. The molecule has 0 fully saturated rings. The quantitative estimate of drug-likeness (QED) is 0.800. The molecule has 0 saturated heterocycles. The molecule has 1 unspecified atom stereocenters. The lowest BCUT2D eigenvalue weighted by Crippen LogP contribution is -2.28. The first kappa shape index (κ1) is 11.6. The molecule has 3 N–H and O–H groups in total. The minimum Gasteiger partial charge on any atom is -0.388 e. The monoisotopic (exact) mass is 220 g/mol. The SMILES string of the molecule is CN1CCc2cccc(C(O)CCN)c2C1. The van der Waals surface area contributed by atoms with Crippen molar-refractivity contribution in [1.82, 2.24) is 4.90 Å². The van der Waals surface area contributed by atoms with Gasteiger partial charge >= 0.3 is 0 Å². The molecule has 0 saturated carbocycles. The van der Waals surface area contributed by atoms with Crippen molar-refractivity contribution in [3.8, 4) is 0 Å². The highest BCUT2D eigenvalue weighted by atomic mass is 16.3. The van der Waals surface area contributed by atoms with E-state index >= 15 is 0 Å². The Morgan fingerprint density at radius 2 is 2.31 bits per heavy atom. The van der Waals surface area contributed by atoms with Crippen molar-refractivity contribution in [2.24, 2.45) is 5.73 Å². The van der Waals surface area contributed by atoms with Crippen molar-refractivity contribution >= 4 is 0 Å². The summed E-state index contributed by atoms with van der Waals surface area (Å²) in [6, 6.07) is 6.23. The molecule has 1 aliphatic heterocycles. The summed E-state index contributed by atoms with van der Waals surface area (Å²) in [7, 11) is 2.12. The predicted octanol–water partition coefficient (Wildman–Crippen LogP) is 1.06. The van der Waals surface area contributed by atoms with Gasteiger partial charge in [0.2, 0.25) is 0 Å². The molecule has 0 spiro atoms. The van der Waals surface area contributed by atoms with Gasteiger partial charge in [-0.05, 0) is 43.1 Å². The fourth-order valence-corrected chi connectivity index (χ4v) is 2.37. The predicted molar refractivity (Wildman–Crippen MR) is 65.1 cm³/mol. The lowest BCUT2D eigenvalue weighted by atomic mass is 9.91. The third-order valence-corrected chi connectivity index (χ3v) is 3.30. The summed E-state index contributed by atoms with van der Waals surface area (Å²) in [4.78, 5) is 2.29. The van der Waals surface area contributed by atoms with Crippen LogP contribution in [0.25, 0.3) is 0 Å². The number of hydrogen-bond donors (Lipinski definition) is 2. The van der Waals surface area contributed by atoms with Crippen molar-refractivity contribution < 1.29 is 5.11 Å². The molecule has 1 aromatic rings. The van der Waals surface area contributed by atoms with Gasteiger partial charge in [-0.15, -0.1) is 0 Å². The molecule has 0 amide bonds. The number of aliphatic hydroxyl groups is 1. The number of fused-ring (bicyclic) bond motifs is 1. The Morgan fingerprint density at radius 1 is 1.50 bits per heavy atom. The van der Waals surface area contributed by atoms with E-state index in [9.17, 15) is 5.11 Å². The van der Waals surface area contributed by atoms with Crippen molar-refractivity contribution in [1.29, 1.82) is 0 Å². The van der Waals surface area contributed by atoms with Gasteiger partial charge in [-0.25, -0.2) is 0 Å². The smallest absolute Gasteiger partial charge is 0.0805 e. The van der Waals surface area contributed by atoms with Gasteiger partial charge in [0.1, 0.15) is 0 Å². The molecular formula is C13H20N2O. The third kappa shape index (κ3) is 2.26. The fourth-order valence-electron chi connectivity index (χ4n) is 2.37. The van der Waals surface area contributed by atoms with Crippen LogP contribution in [-0.2, 0) is 13.0 Å². The molecular weight excluding hydrogens is 200 g/mol. The van der Waals surface area contributed by atoms with E-state index in [0.29, 0.717) is 13.0 Å². The standard InChI is InChI=1S/C13H20N2O/c1-15-8-6-10-3-2-4-11(12(10)9-15)13(16)5-7-14/h2-4,13,16H,5-9,14H2,1H3. The van der Waals surface area contributed by atoms with Crippen molar-refractivity contribution in [2.45, 2.75) is 25.5 Å². The Bertz CT molecular complexity index is 365. The average molecular weight is 220 g/mol. The second kappa shape index (κ2) is 4.95. The molecule has 3 heteroatoms. The molecule has 0 aliphatic carbocycles. The zero-order valence-corrected chi connectivity index (χ0v) is 9.82. The molecule has 0 radical (unpaired) electrons. The number of nitrogens with two attached hydrogens (primary N) is 1. The Labute approximate surface area is 96.9 Å². The van der Waals surface area contributed by atoms with E-state index in [1.54, 1.807) is 0 Å². The van der Waals surface area contributed by atoms with E-state index in [2.05, 4.69) is 18.0 Å². The number of likely N-dealkylation sites (N-methyl/N-ethyl adjacent to an activating group) is 1. The molecule has 3 nitrogen and oxygen atoms in total. The van der Waals surface area contributed by atoms with Crippen molar-refractivity contribution in [2.75, 3.05) is 20.1 Å². The maximum Gasteiger partial charge on any atom is 0.0805 e. The van der Waals surface area contributed by atoms with Crippen LogP contribution in [0.1, 0.15) is 29.2 Å². The molecule has 88 valence electrons. The minimum absolute atomic E-state index is 0.411. The van der Waals surface area contributed by atoms with Gasteiger partial charge in [0.05, 0.1) is 6.10 Å². The van der Waals surface area contributed by atoms with Gasteiger partial charge < -0.3 is 15.7 Å². The van der Waals surface area contributed by atoms with E-state index in [1.807, 2.05) is 12.1 Å². The molecule has 2 rings (SSSR count). The average Bonchev–Trinajstić information content (AvgIpc) is 2.28. The first-order valence-electron chi connectivity index (χ1n) is 5.89. The van der Waals surface area contributed by atoms with Crippen LogP contribution in [-0.4, -0.2) is 30.1 Å². The summed E-state index contributed by atoms with van der Waals surface area (Å²) >= 11 is 0. The summed E-state index contributed by atoms with van der Waals surface area (Å²) in [5.41, 5.74) is 9.25. The molecule has 0 bridgehead atoms. The molecule has 16 heavy (non-hydrogen) atoms. The van der Waals surface area contributed by atoms with Crippen LogP contribution in [0.4, 0.5) is 0 Å². The third-order valence-electron chi connectivity index (χ3n) is 3.30. The van der Waals surface area contributed by atoms with Gasteiger partial charge in [-0.1, -0.05) is 18.2 Å². The Balaban J connectivity index is 2.31. The van der Waals surface area contributed by atoms with Crippen molar-refractivity contribution in [3.05, 3.63) is 34.9 Å². The Kier molecular flexibility index (Phi) is 3.59. The van der Waals surface area contributed by atoms with Gasteiger partial charge in [0.15, 0.2) is 0 Å². The van der Waals surface area contributed by atoms with Crippen LogP contribution < -0.4 is 5.73 Å². The van der Waals surface area contributed by atoms with E-state index in [4.69, 9.17) is 5.73 Å². The maximum absolute atomic E-state index is 10.1. The van der Waals surface area contributed by atoms with Gasteiger partial charge in [0.25, 0.3) is 0 Å². The highest BCUT2D eigenvalue weighted by molar-refractivity contribution is 5.38. The lowest BCUT2D eigenvalue weighted by molar-refractivity contribution is 0.167. The minimum atomic E-state index is -0.411. The molecule has 0 aromatic heterocycles. The summed E-state index contributed by atoms with van der Waals surface area (Å²) in [6.07, 6.45) is 1.31. The number of hydrogen-bond acceptors (Lipinski definition) is 3. The zero-order chi connectivity index (χ0) is 11.5. The largest absolute Gasteiger partial charge is 0.388 e. The topological polar surface area (TPSA) is 49.5 Å². The number of aliphatic hydroxyl groups excluding tert-OH is 1. The zero-order valence-electron chi connectivity index (χ0n) is 9.82. The van der Waals surface area contributed by atoms with Gasteiger partial charge in [-0.2, -0.15) is 0 Å². The van der Waals surface area contributed by atoms with E-state index < -0.39 is 6.10 Å². The van der Waals surface area contributed by atoms with Crippen LogP contribution in [0.5, 0.6) is 0 Å². The van der Waals surface area contributed by atoms with Crippen LogP contribution in [0.2, 0.25) is 0 Å². The van der Waals surface area contributed by atoms with E-state index in [0.717, 1.165) is 25.1 Å². The Hall–Kier alpha value is -0.900. The van der Waals surface area contributed by atoms with Crippen LogP contribution in [0, 0.1) is 0 Å². The molecule has 1 aromatic carbocycles. The maximum atomic E-state index is 10.1. The lowest BCUT2D eigenvalue weighted by Gasteiger charge is -2.28. The highest BCUT2D eigenvalue weighted by Crippen LogP contribution is 2.27. The highest BCUT2D eigenvalue weighted by Gasteiger charge is 2.19. The van der Waals surface area contributed by atoms with E-state index in [-0.39, 0.29) is 0 Å². The summed E-state index contributed by atoms with van der Waals surface area (Å²) in [5, 5.41) is 10.1. The first-order chi connectivity index (χ1) is 7.72. The summed E-state index contributed by atoms with van der Waals surface area (Å²) in [6.45, 7) is 2.57. The fraction of sp³-hybridized carbons (Fsp3) is 0.538. The molecule has 1 heterocycles. The molecule has 1 atom stereocenters. The van der Waals surface area contributed by atoms with Crippen LogP contribution >= 0.6 is 0 Å². The van der Waals surface area contributed by atoms with Crippen molar-refractivity contribution in [3.63, 3.8) is 0 Å². The van der Waals surface area contributed by atoms with Gasteiger partial charge in [-0.3, -0.25) is 0 Å². The van der Waals surface area contributed by atoms with Gasteiger partial charge in [0, 0.05) is 13.1 Å². The summed E-state index contributed by atoms with van der Waals surface area (Å²) < 4.78 is 0. The second-order valence-electron chi connectivity index (χ2n) is 4.57. The van der Waals surface area contributed by atoms with E-state index in [1.165, 1.54) is 11.1 Å². The number of benzene rings is 1. The summed E-state index contributed by atoms with van der Waals surface area (Å²) in [5.74, 6) is 0. The Morgan fingerprint density at radius 3 is 3.06 bits per heavy atom.